The molecule has 0 aromatic heterocycles. The monoisotopic (exact) mass is 268 g/mol. The van der Waals surface area contributed by atoms with Crippen LogP contribution in [0, 0.1) is 11.3 Å². The molecule has 110 valence electrons. The second kappa shape index (κ2) is 5.80. The number of piperidine rings is 2. The summed E-state index contributed by atoms with van der Waals surface area (Å²) in [6.45, 7) is 9.17. The number of hydrogen-bond acceptors (Lipinski definition) is 3. The maximum Gasteiger partial charge on any atom is 0.240 e. The summed E-state index contributed by atoms with van der Waals surface area (Å²) >= 11 is 0. The maximum atomic E-state index is 12.7. The Labute approximate surface area is 116 Å². The Morgan fingerprint density at radius 1 is 1.42 bits per heavy atom. The quantitative estimate of drug-likeness (QED) is 0.828. The summed E-state index contributed by atoms with van der Waals surface area (Å²) in [5.41, 5.74) is 0.0565. The van der Waals surface area contributed by atoms with Crippen LogP contribution in [0.15, 0.2) is 0 Å². The Bertz CT molecular complexity index is 330. The van der Waals surface area contributed by atoms with Crippen molar-refractivity contribution >= 4 is 5.91 Å². The van der Waals surface area contributed by atoms with Gasteiger partial charge in [-0.25, -0.2) is 0 Å². The van der Waals surface area contributed by atoms with E-state index in [0.717, 1.165) is 38.9 Å². The average Bonchev–Trinajstić information content (AvgIpc) is 2.38. The Morgan fingerprint density at radius 3 is 2.79 bits per heavy atom. The number of likely N-dealkylation sites (tertiary alicyclic amines) is 1. The SMILES string of the molecule is COC1CN(C(=O)C2NCCCC2(C)C)CCC1C. The van der Waals surface area contributed by atoms with Gasteiger partial charge in [0, 0.05) is 20.2 Å². The molecular weight excluding hydrogens is 240 g/mol. The van der Waals surface area contributed by atoms with Crippen molar-refractivity contribution in [1.82, 2.24) is 10.2 Å². The average molecular weight is 268 g/mol. The lowest BCUT2D eigenvalue weighted by Crippen LogP contribution is -2.59. The van der Waals surface area contributed by atoms with Crippen molar-refractivity contribution in [3.63, 3.8) is 0 Å². The molecule has 3 atom stereocenters. The van der Waals surface area contributed by atoms with Crippen molar-refractivity contribution in [2.24, 2.45) is 11.3 Å². The lowest BCUT2D eigenvalue weighted by molar-refractivity contribution is -0.142. The topological polar surface area (TPSA) is 41.6 Å². The highest BCUT2D eigenvalue weighted by molar-refractivity contribution is 5.83. The minimum atomic E-state index is -0.0350. The van der Waals surface area contributed by atoms with Crippen molar-refractivity contribution in [2.75, 3.05) is 26.7 Å². The van der Waals surface area contributed by atoms with Crippen LogP contribution in [0.5, 0.6) is 0 Å². The smallest absolute Gasteiger partial charge is 0.240 e. The molecule has 2 fully saturated rings. The summed E-state index contributed by atoms with van der Waals surface area (Å²) < 4.78 is 5.51. The molecule has 1 N–H and O–H groups in total. The van der Waals surface area contributed by atoms with Crippen molar-refractivity contribution in [2.45, 2.75) is 52.2 Å². The predicted molar refractivity (Wildman–Crippen MR) is 76.0 cm³/mol. The highest BCUT2D eigenvalue weighted by Crippen LogP contribution is 2.32. The number of nitrogens with zero attached hydrogens (tertiary/aromatic N) is 1. The van der Waals surface area contributed by atoms with Gasteiger partial charge in [-0.2, -0.15) is 0 Å². The Balaban J connectivity index is 2.03. The molecule has 0 aliphatic carbocycles. The Kier molecular flexibility index (Phi) is 4.51. The van der Waals surface area contributed by atoms with Crippen LogP contribution in [-0.2, 0) is 9.53 Å². The highest BCUT2D eigenvalue weighted by atomic mass is 16.5. The van der Waals surface area contributed by atoms with Gasteiger partial charge in [0.2, 0.25) is 5.91 Å². The molecule has 0 saturated carbocycles. The van der Waals surface area contributed by atoms with E-state index in [-0.39, 0.29) is 23.5 Å². The first-order valence-electron chi connectivity index (χ1n) is 7.50. The van der Waals surface area contributed by atoms with E-state index in [4.69, 9.17) is 4.74 Å². The normalized spacial score (nSPS) is 35.2. The van der Waals surface area contributed by atoms with E-state index in [0.29, 0.717) is 5.92 Å². The summed E-state index contributed by atoms with van der Waals surface area (Å²) in [6, 6.07) is -0.0350. The van der Waals surface area contributed by atoms with Gasteiger partial charge in [0.1, 0.15) is 0 Å². The number of carbonyl (C=O) groups is 1. The molecule has 4 heteroatoms. The minimum absolute atomic E-state index is 0.0350. The summed E-state index contributed by atoms with van der Waals surface area (Å²) in [5, 5.41) is 3.42. The molecule has 2 rings (SSSR count). The predicted octanol–water partition coefficient (Wildman–Crippen LogP) is 1.65. The van der Waals surface area contributed by atoms with E-state index in [1.807, 2.05) is 4.90 Å². The molecule has 4 nitrogen and oxygen atoms in total. The molecular formula is C15H28N2O2. The number of carbonyl (C=O) groups excluding carboxylic acids is 1. The number of hydrogen-bond donors (Lipinski definition) is 1. The van der Waals surface area contributed by atoms with Crippen LogP contribution >= 0.6 is 0 Å². The second-order valence-corrected chi connectivity index (χ2v) is 6.80. The number of nitrogens with one attached hydrogen (secondary N) is 1. The van der Waals surface area contributed by atoms with Gasteiger partial charge in [0.05, 0.1) is 12.1 Å². The molecule has 2 saturated heterocycles. The molecule has 0 aromatic rings. The summed E-state index contributed by atoms with van der Waals surface area (Å²) in [5.74, 6) is 0.806. The van der Waals surface area contributed by atoms with Crippen molar-refractivity contribution in [1.29, 1.82) is 0 Å². The van der Waals surface area contributed by atoms with Crippen molar-refractivity contribution in [3.8, 4) is 0 Å². The first-order valence-corrected chi connectivity index (χ1v) is 7.50. The lowest BCUT2D eigenvalue weighted by atomic mass is 9.76. The zero-order valence-electron chi connectivity index (χ0n) is 12.7. The summed E-state index contributed by atoms with van der Waals surface area (Å²) in [7, 11) is 1.75. The third kappa shape index (κ3) is 3.11. The van der Waals surface area contributed by atoms with Crippen LogP contribution in [0.3, 0.4) is 0 Å². The van der Waals surface area contributed by atoms with Gasteiger partial charge in [-0.15, -0.1) is 0 Å². The third-order valence-electron chi connectivity index (χ3n) is 4.88. The molecule has 0 aromatic carbocycles. The number of rotatable bonds is 2. The molecule has 1 amide bonds. The van der Waals surface area contributed by atoms with E-state index >= 15 is 0 Å². The van der Waals surface area contributed by atoms with E-state index in [1.54, 1.807) is 7.11 Å². The third-order valence-corrected chi connectivity index (χ3v) is 4.88. The number of methoxy groups -OCH3 is 1. The van der Waals surface area contributed by atoms with Gasteiger partial charge in [-0.3, -0.25) is 4.79 Å². The van der Waals surface area contributed by atoms with Crippen molar-refractivity contribution in [3.05, 3.63) is 0 Å². The van der Waals surface area contributed by atoms with Gasteiger partial charge in [0.25, 0.3) is 0 Å². The van der Waals surface area contributed by atoms with Gasteiger partial charge in [-0.1, -0.05) is 20.8 Å². The van der Waals surface area contributed by atoms with E-state index in [2.05, 4.69) is 26.1 Å². The van der Waals surface area contributed by atoms with E-state index in [1.165, 1.54) is 0 Å². The highest BCUT2D eigenvalue weighted by Gasteiger charge is 2.40. The van der Waals surface area contributed by atoms with Crippen LogP contribution in [0.4, 0.5) is 0 Å². The van der Waals surface area contributed by atoms with Gasteiger partial charge < -0.3 is 15.0 Å². The minimum Gasteiger partial charge on any atom is -0.379 e. The lowest BCUT2D eigenvalue weighted by Gasteiger charge is -2.43. The van der Waals surface area contributed by atoms with Crippen molar-refractivity contribution < 1.29 is 9.53 Å². The number of ether oxygens (including phenoxy) is 1. The fraction of sp³-hybridized carbons (Fsp3) is 0.933. The van der Waals surface area contributed by atoms with Crippen LogP contribution in [-0.4, -0.2) is 49.7 Å². The first kappa shape index (κ1) is 14.8. The molecule has 2 aliphatic heterocycles. The maximum absolute atomic E-state index is 12.7. The van der Waals surface area contributed by atoms with Crippen LogP contribution in [0.25, 0.3) is 0 Å². The molecule has 0 radical (unpaired) electrons. The van der Waals surface area contributed by atoms with Gasteiger partial charge in [0.15, 0.2) is 0 Å². The van der Waals surface area contributed by atoms with E-state index < -0.39 is 0 Å². The van der Waals surface area contributed by atoms with Crippen LogP contribution in [0.1, 0.15) is 40.0 Å². The Hall–Kier alpha value is -0.610. The summed E-state index contributed by atoms with van der Waals surface area (Å²) in [4.78, 5) is 14.7. The van der Waals surface area contributed by atoms with Gasteiger partial charge in [-0.05, 0) is 37.1 Å². The zero-order valence-corrected chi connectivity index (χ0v) is 12.7. The second-order valence-electron chi connectivity index (χ2n) is 6.80. The fourth-order valence-electron chi connectivity index (χ4n) is 3.36. The van der Waals surface area contributed by atoms with Crippen LogP contribution in [0.2, 0.25) is 0 Å². The van der Waals surface area contributed by atoms with Gasteiger partial charge >= 0.3 is 0 Å². The first-order chi connectivity index (χ1) is 8.95. The fourth-order valence-corrected chi connectivity index (χ4v) is 3.36. The zero-order chi connectivity index (χ0) is 14.0. The largest absolute Gasteiger partial charge is 0.379 e. The molecule has 0 bridgehead atoms. The standard InChI is InChI=1S/C15H28N2O2/c1-11-6-9-17(10-12(11)19-4)14(18)13-15(2,3)7-5-8-16-13/h11-13,16H,5-10H2,1-4H3. The Morgan fingerprint density at radius 2 is 2.16 bits per heavy atom. The molecule has 3 unspecified atom stereocenters. The molecule has 2 aliphatic rings. The van der Waals surface area contributed by atoms with Crippen LogP contribution < -0.4 is 5.32 Å². The molecule has 0 spiro atoms. The summed E-state index contributed by atoms with van der Waals surface area (Å²) in [6.07, 6.45) is 3.50. The number of amides is 1. The van der Waals surface area contributed by atoms with E-state index in [9.17, 15) is 4.79 Å². The molecule has 2 heterocycles. The molecule has 19 heavy (non-hydrogen) atoms.